The van der Waals surface area contributed by atoms with Crippen molar-refractivity contribution in [2.24, 2.45) is 17.8 Å². The molecule has 2 atom stereocenters. The Kier molecular flexibility index (Phi) is 5.88. The summed E-state index contributed by atoms with van der Waals surface area (Å²) < 4.78 is 0. The number of amides is 3. The predicted octanol–water partition coefficient (Wildman–Crippen LogP) is 2.14. The first kappa shape index (κ1) is 19.9. The molecule has 3 heterocycles. The van der Waals surface area contributed by atoms with Crippen molar-refractivity contribution < 1.29 is 14.4 Å². The van der Waals surface area contributed by atoms with Crippen molar-refractivity contribution in [3.63, 3.8) is 0 Å². The highest BCUT2D eigenvalue weighted by molar-refractivity contribution is 5.79. The zero-order chi connectivity index (χ0) is 20.4. The van der Waals surface area contributed by atoms with E-state index >= 15 is 0 Å². The molecule has 0 N–H and O–H groups in total. The monoisotopic (exact) mass is 397 g/mol. The number of hydrogen-bond acceptors (Lipinski definition) is 3. The van der Waals surface area contributed by atoms with Gasteiger partial charge in [-0.05, 0) is 36.2 Å². The summed E-state index contributed by atoms with van der Waals surface area (Å²) in [6, 6.07) is 10.1. The second-order valence-electron chi connectivity index (χ2n) is 8.94. The van der Waals surface area contributed by atoms with Gasteiger partial charge in [0.05, 0.1) is 0 Å². The summed E-state index contributed by atoms with van der Waals surface area (Å²) in [6.45, 7) is 6.04. The average molecular weight is 398 g/mol. The van der Waals surface area contributed by atoms with E-state index in [1.54, 1.807) is 6.92 Å². The number of piperidine rings is 2. The van der Waals surface area contributed by atoms with E-state index in [4.69, 9.17) is 0 Å². The lowest BCUT2D eigenvalue weighted by atomic mass is 9.88. The lowest BCUT2D eigenvalue weighted by Crippen LogP contribution is -2.43. The van der Waals surface area contributed by atoms with Gasteiger partial charge in [0.1, 0.15) is 0 Å². The molecule has 3 aliphatic heterocycles. The maximum absolute atomic E-state index is 12.9. The van der Waals surface area contributed by atoms with Gasteiger partial charge in [0.2, 0.25) is 17.7 Å². The highest BCUT2D eigenvalue weighted by Crippen LogP contribution is 2.33. The maximum Gasteiger partial charge on any atom is 0.223 e. The van der Waals surface area contributed by atoms with Gasteiger partial charge in [-0.25, -0.2) is 0 Å². The summed E-state index contributed by atoms with van der Waals surface area (Å²) >= 11 is 0. The smallest absolute Gasteiger partial charge is 0.223 e. The normalized spacial score (nSPS) is 25.3. The van der Waals surface area contributed by atoms with E-state index in [0.29, 0.717) is 37.1 Å². The Morgan fingerprint density at radius 2 is 1.66 bits per heavy atom. The minimum Gasteiger partial charge on any atom is -0.343 e. The third-order valence-electron chi connectivity index (χ3n) is 6.91. The van der Waals surface area contributed by atoms with Gasteiger partial charge >= 0.3 is 0 Å². The van der Waals surface area contributed by atoms with Gasteiger partial charge in [0, 0.05) is 59.0 Å². The molecule has 0 unspecified atom stereocenters. The standard InChI is InChI=1S/C23H31N3O3/c1-17(27)24-9-7-18(8-10-24)11-22(28)26-14-20-12-23(29)25(15-21(20)16-26)13-19-5-3-2-4-6-19/h2-6,18,20-21H,7-16H2,1H3/t20-,21+/m0/s1. The van der Waals surface area contributed by atoms with Gasteiger partial charge in [-0.15, -0.1) is 0 Å². The average Bonchev–Trinajstić information content (AvgIpc) is 3.12. The molecule has 4 rings (SSSR count). The lowest BCUT2D eigenvalue weighted by Gasteiger charge is -2.34. The van der Waals surface area contributed by atoms with Crippen LogP contribution in [-0.2, 0) is 20.9 Å². The lowest BCUT2D eigenvalue weighted by molar-refractivity contribution is -0.137. The summed E-state index contributed by atoms with van der Waals surface area (Å²) in [7, 11) is 0. The van der Waals surface area contributed by atoms with Crippen molar-refractivity contribution in [3.05, 3.63) is 35.9 Å². The number of rotatable bonds is 4. The molecular weight excluding hydrogens is 366 g/mol. The Bertz CT molecular complexity index is 758. The number of hydrogen-bond donors (Lipinski definition) is 0. The highest BCUT2D eigenvalue weighted by Gasteiger charge is 2.42. The van der Waals surface area contributed by atoms with Crippen LogP contribution in [-0.4, -0.2) is 65.1 Å². The van der Waals surface area contributed by atoms with Crippen LogP contribution < -0.4 is 0 Å². The highest BCUT2D eigenvalue weighted by atomic mass is 16.2. The van der Waals surface area contributed by atoms with Crippen LogP contribution in [0.5, 0.6) is 0 Å². The minimum absolute atomic E-state index is 0.128. The minimum atomic E-state index is 0.128. The largest absolute Gasteiger partial charge is 0.343 e. The van der Waals surface area contributed by atoms with Crippen LogP contribution >= 0.6 is 0 Å². The molecule has 0 spiro atoms. The van der Waals surface area contributed by atoms with Crippen LogP contribution in [0.1, 0.15) is 38.2 Å². The van der Waals surface area contributed by atoms with Gasteiger partial charge in [0.25, 0.3) is 0 Å². The number of carbonyl (C=O) groups is 3. The zero-order valence-electron chi connectivity index (χ0n) is 17.3. The van der Waals surface area contributed by atoms with E-state index in [0.717, 1.165) is 51.1 Å². The molecule has 0 bridgehead atoms. The summed E-state index contributed by atoms with van der Waals surface area (Å²) in [4.78, 5) is 42.8. The van der Waals surface area contributed by atoms with Crippen molar-refractivity contribution in [2.45, 2.75) is 39.2 Å². The molecule has 29 heavy (non-hydrogen) atoms. The van der Waals surface area contributed by atoms with Gasteiger partial charge in [-0.1, -0.05) is 30.3 Å². The molecule has 0 saturated carbocycles. The number of nitrogens with zero attached hydrogens (tertiary/aromatic N) is 3. The van der Waals surface area contributed by atoms with Crippen LogP contribution in [0, 0.1) is 17.8 Å². The van der Waals surface area contributed by atoms with E-state index in [1.165, 1.54) is 0 Å². The van der Waals surface area contributed by atoms with Crippen LogP contribution in [0.25, 0.3) is 0 Å². The third kappa shape index (κ3) is 4.62. The van der Waals surface area contributed by atoms with Crippen LogP contribution in [0.4, 0.5) is 0 Å². The summed E-state index contributed by atoms with van der Waals surface area (Å²) in [5.74, 6) is 1.63. The van der Waals surface area contributed by atoms with Crippen LogP contribution in [0.2, 0.25) is 0 Å². The number of likely N-dealkylation sites (tertiary alicyclic amines) is 3. The SMILES string of the molecule is CC(=O)N1CCC(CC(=O)N2C[C@H]3CN(Cc4ccccc4)C(=O)C[C@H]3C2)CC1. The molecular formula is C23H31N3O3. The predicted molar refractivity (Wildman–Crippen MR) is 110 cm³/mol. The molecule has 0 radical (unpaired) electrons. The Morgan fingerprint density at radius 3 is 2.34 bits per heavy atom. The van der Waals surface area contributed by atoms with Gasteiger partial charge in [-0.2, -0.15) is 0 Å². The Balaban J connectivity index is 1.29. The third-order valence-corrected chi connectivity index (χ3v) is 6.91. The fourth-order valence-corrected chi connectivity index (χ4v) is 5.10. The molecule has 1 aromatic rings. The summed E-state index contributed by atoms with van der Waals surface area (Å²) in [5.41, 5.74) is 1.15. The van der Waals surface area contributed by atoms with Gasteiger partial charge in [0.15, 0.2) is 0 Å². The summed E-state index contributed by atoms with van der Waals surface area (Å²) in [5, 5.41) is 0. The van der Waals surface area contributed by atoms with E-state index in [2.05, 4.69) is 12.1 Å². The molecule has 6 heteroatoms. The van der Waals surface area contributed by atoms with Crippen molar-refractivity contribution in [3.8, 4) is 0 Å². The molecule has 0 aromatic heterocycles. The zero-order valence-corrected chi connectivity index (χ0v) is 17.3. The van der Waals surface area contributed by atoms with Gasteiger partial charge < -0.3 is 14.7 Å². The molecule has 156 valence electrons. The number of carbonyl (C=O) groups excluding carboxylic acids is 3. The van der Waals surface area contributed by atoms with E-state index in [-0.39, 0.29) is 17.7 Å². The molecule has 3 aliphatic rings. The molecule has 0 aliphatic carbocycles. The maximum atomic E-state index is 12.9. The Labute approximate surface area is 172 Å². The fraction of sp³-hybridized carbons (Fsp3) is 0.609. The molecule has 3 fully saturated rings. The second-order valence-corrected chi connectivity index (χ2v) is 8.94. The van der Waals surface area contributed by atoms with Crippen LogP contribution in [0.15, 0.2) is 30.3 Å². The first-order valence-corrected chi connectivity index (χ1v) is 10.8. The number of benzene rings is 1. The molecule has 6 nitrogen and oxygen atoms in total. The van der Waals surface area contributed by atoms with E-state index < -0.39 is 0 Å². The second kappa shape index (κ2) is 8.56. The quantitative estimate of drug-likeness (QED) is 0.782. The van der Waals surface area contributed by atoms with Crippen molar-refractivity contribution in [1.82, 2.24) is 14.7 Å². The van der Waals surface area contributed by atoms with Crippen molar-refractivity contribution >= 4 is 17.7 Å². The molecule has 1 aromatic carbocycles. The van der Waals surface area contributed by atoms with E-state index in [1.807, 2.05) is 32.9 Å². The molecule has 3 amide bonds. The Hall–Kier alpha value is -2.37. The summed E-state index contributed by atoms with van der Waals surface area (Å²) in [6.07, 6.45) is 2.95. The molecule has 3 saturated heterocycles. The Morgan fingerprint density at radius 1 is 0.966 bits per heavy atom. The van der Waals surface area contributed by atoms with Crippen molar-refractivity contribution in [1.29, 1.82) is 0 Å². The van der Waals surface area contributed by atoms with E-state index in [9.17, 15) is 14.4 Å². The van der Waals surface area contributed by atoms with Crippen LogP contribution in [0.3, 0.4) is 0 Å². The van der Waals surface area contributed by atoms with Crippen molar-refractivity contribution in [2.75, 3.05) is 32.7 Å². The first-order chi connectivity index (χ1) is 14.0. The van der Waals surface area contributed by atoms with Gasteiger partial charge in [-0.3, -0.25) is 14.4 Å². The number of fused-ring (bicyclic) bond motifs is 1. The topological polar surface area (TPSA) is 60.9 Å². The first-order valence-electron chi connectivity index (χ1n) is 10.8. The fourth-order valence-electron chi connectivity index (χ4n) is 5.10.